The predicted molar refractivity (Wildman–Crippen MR) is 133 cm³/mol. The SMILES string of the molecule is COc1cc([C@@H]2SCC(=O)N2c2ccc(Cl)cc2)cc(Cl)c1OCc1ccc(Cl)cc1Cl. The molecule has 9 heteroatoms. The molecular formula is C23H17Cl4NO3S. The van der Waals surface area contributed by atoms with Crippen LogP contribution in [-0.4, -0.2) is 18.8 Å². The topological polar surface area (TPSA) is 38.8 Å². The Balaban J connectivity index is 1.62. The van der Waals surface area contributed by atoms with Gasteiger partial charge in [0.1, 0.15) is 12.0 Å². The monoisotopic (exact) mass is 527 g/mol. The number of methoxy groups -OCH3 is 1. The molecule has 0 aliphatic carbocycles. The first-order valence-corrected chi connectivity index (χ1v) is 12.1. The van der Waals surface area contributed by atoms with Crippen LogP contribution in [-0.2, 0) is 11.4 Å². The number of carbonyl (C=O) groups is 1. The second-order valence-electron chi connectivity index (χ2n) is 6.96. The summed E-state index contributed by atoms with van der Waals surface area (Å²) < 4.78 is 11.5. The summed E-state index contributed by atoms with van der Waals surface area (Å²) in [5, 5.41) is 1.78. The Kier molecular flexibility index (Phi) is 7.33. The van der Waals surface area contributed by atoms with Gasteiger partial charge in [0.2, 0.25) is 5.91 Å². The third-order valence-electron chi connectivity index (χ3n) is 4.90. The number of hydrogen-bond donors (Lipinski definition) is 0. The Morgan fingerprint density at radius 3 is 2.38 bits per heavy atom. The predicted octanol–water partition coefficient (Wildman–Crippen LogP) is 7.67. The number of carbonyl (C=O) groups excluding carboxylic acids is 1. The van der Waals surface area contributed by atoms with Gasteiger partial charge in [-0.3, -0.25) is 9.69 Å². The minimum Gasteiger partial charge on any atom is -0.493 e. The van der Waals surface area contributed by atoms with Crippen molar-refractivity contribution in [2.75, 3.05) is 17.8 Å². The number of amides is 1. The number of nitrogens with zero attached hydrogens (tertiary/aromatic N) is 1. The van der Waals surface area contributed by atoms with Crippen LogP contribution in [0.1, 0.15) is 16.5 Å². The molecule has 0 bridgehead atoms. The zero-order chi connectivity index (χ0) is 22.8. The van der Waals surface area contributed by atoms with E-state index in [1.54, 1.807) is 48.4 Å². The average molecular weight is 529 g/mol. The Morgan fingerprint density at radius 1 is 0.969 bits per heavy atom. The van der Waals surface area contributed by atoms with Gasteiger partial charge in [-0.15, -0.1) is 11.8 Å². The highest BCUT2D eigenvalue weighted by molar-refractivity contribution is 8.00. The zero-order valence-electron chi connectivity index (χ0n) is 16.8. The minimum absolute atomic E-state index is 0.00937. The molecule has 1 heterocycles. The highest BCUT2D eigenvalue weighted by atomic mass is 35.5. The van der Waals surface area contributed by atoms with Gasteiger partial charge in [0.05, 0.1) is 17.9 Å². The van der Waals surface area contributed by atoms with Crippen molar-refractivity contribution >= 4 is 69.8 Å². The van der Waals surface area contributed by atoms with Crippen molar-refractivity contribution in [1.82, 2.24) is 0 Å². The quantitative estimate of drug-likeness (QED) is 0.329. The molecule has 1 amide bonds. The summed E-state index contributed by atoms with van der Waals surface area (Å²) in [4.78, 5) is 14.4. The van der Waals surface area contributed by atoms with Crippen molar-refractivity contribution < 1.29 is 14.3 Å². The van der Waals surface area contributed by atoms with Crippen LogP contribution in [0.25, 0.3) is 0 Å². The van der Waals surface area contributed by atoms with Crippen molar-refractivity contribution in [3.63, 3.8) is 0 Å². The van der Waals surface area contributed by atoms with E-state index >= 15 is 0 Å². The lowest BCUT2D eigenvalue weighted by atomic mass is 10.1. The van der Waals surface area contributed by atoms with Gasteiger partial charge < -0.3 is 9.47 Å². The fourth-order valence-electron chi connectivity index (χ4n) is 3.36. The van der Waals surface area contributed by atoms with Gasteiger partial charge in [0.25, 0.3) is 0 Å². The molecule has 0 radical (unpaired) electrons. The number of benzene rings is 3. The molecule has 1 saturated heterocycles. The first-order valence-electron chi connectivity index (χ1n) is 9.50. The van der Waals surface area contributed by atoms with E-state index in [-0.39, 0.29) is 17.9 Å². The van der Waals surface area contributed by atoms with E-state index < -0.39 is 0 Å². The normalized spacial score (nSPS) is 15.8. The van der Waals surface area contributed by atoms with E-state index in [9.17, 15) is 4.79 Å². The van der Waals surface area contributed by atoms with Crippen LogP contribution < -0.4 is 14.4 Å². The number of thioether (sulfide) groups is 1. The highest BCUT2D eigenvalue weighted by Crippen LogP contribution is 2.46. The Morgan fingerprint density at radius 2 is 1.69 bits per heavy atom. The molecule has 3 aromatic rings. The van der Waals surface area contributed by atoms with Gasteiger partial charge in [0.15, 0.2) is 11.5 Å². The maximum atomic E-state index is 12.6. The van der Waals surface area contributed by atoms with Crippen molar-refractivity contribution in [3.8, 4) is 11.5 Å². The van der Waals surface area contributed by atoms with Gasteiger partial charge in [-0.2, -0.15) is 0 Å². The fraction of sp³-hybridized carbons (Fsp3) is 0.174. The van der Waals surface area contributed by atoms with E-state index in [1.807, 2.05) is 18.2 Å². The van der Waals surface area contributed by atoms with Gasteiger partial charge in [-0.25, -0.2) is 0 Å². The van der Waals surface area contributed by atoms with Crippen LogP contribution in [0, 0.1) is 0 Å². The lowest BCUT2D eigenvalue weighted by molar-refractivity contribution is -0.115. The molecule has 0 spiro atoms. The first kappa shape index (κ1) is 23.4. The van der Waals surface area contributed by atoms with Crippen LogP contribution in [0.2, 0.25) is 20.1 Å². The second-order valence-corrected chi connectivity index (χ2v) is 9.72. The maximum Gasteiger partial charge on any atom is 0.238 e. The molecule has 0 unspecified atom stereocenters. The van der Waals surface area contributed by atoms with E-state index in [0.717, 1.165) is 16.8 Å². The lowest BCUT2D eigenvalue weighted by Crippen LogP contribution is -2.27. The third kappa shape index (κ3) is 4.92. The first-order chi connectivity index (χ1) is 15.4. The van der Waals surface area contributed by atoms with Crippen molar-refractivity contribution in [2.24, 2.45) is 0 Å². The summed E-state index contributed by atoms with van der Waals surface area (Å²) in [7, 11) is 1.54. The molecule has 1 atom stereocenters. The molecule has 1 aliphatic heterocycles. The summed E-state index contributed by atoms with van der Waals surface area (Å²) >= 11 is 26.3. The van der Waals surface area contributed by atoms with E-state index in [2.05, 4.69) is 0 Å². The molecule has 32 heavy (non-hydrogen) atoms. The Labute approximate surface area is 210 Å². The summed E-state index contributed by atoms with van der Waals surface area (Å²) in [5.74, 6) is 1.24. The minimum atomic E-state index is -0.255. The number of hydrogen-bond acceptors (Lipinski definition) is 4. The summed E-state index contributed by atoms with van der Waals surface area (Å²) in [6.45, 7) is 0.193. The number of rotatable bonds is 6. The Bertz CT molecular complexity index is 1160. The molecule has 1 aliphatic rings. The lowest BCUT2D eigenvalue weighted by Gasteiger charge is -2.25. The number of anilines is 1. The molecule has 166 valence electrons. The molecule has 4 rings (SSSR count). The molecule has 1 fully saturated rings. The van der Waals surface area contributed by atoms with Gasteiger partial charge in [-0.05, 0) is 54.1 Å². The fourth-order valence-corrected chi connectivity index (χ4v) is 5.38. The van der Waals surface area contributed by atoms with Crippen molar-refractivity contribution in [1.29, 1.82) is 0 Å². The smallest absolute Gasteiger partial charge is 0.238 e. The molecule has 0 N–H and O–H groups in total. The van der Waals surface area contributed by atoms with Crippen LogP contribution in [0.4, 0.5) is 5.69 Å². The zero-order valence-corrected chi connectivity index (χ0v) is 20.6. The summed E-state index contributed by atoms with van der Waals surface area (Å²) in [6.07, 6.45) is 0. The van der Waals surface area contributed by atoms with Crippen molar-refractivity contribution in [2.45, 2.75) is 12.0 Å². The van der Waals surface area contributed by atoms with E-state index in [4.69, 9.17) is 55.9 Å². The average Bonchev–Trinajstić information content (AvgIpc) is 3.15. The van der Waals surface area contributed by atoms with Crippen LogP contribution in [0.3, 0.4) is 0 Å². The highest BCUT2D eigenvalue weighted by Gasteiger charge is 2.35. The standard InChI is InChI=1S/C23H17Cl4NO3S/c1-30-20-9-14(23-28(21(29)12-32-23)17-6-4-15(24)5-7-17)8-19(27)22(20)31-11-13-2-3-16(25)10-18(13)26/h2-10,23H,11-12H2,1H3/t23-/m0/s1. The molecule has 0 aromatic heterocycles. The molecule has 0 saturated carbocycles. The van der Waals surface area contributed by atoms with Crippen molar-refractivity contribution in [3.05, 3.63) is 85.8 Å². The van der Waals surface area contributed by atoms with Crippen LogP contribution >= 0.6 is 58.2 Å². The van der Waals surface area contributed by atoms with Crippen LogP contribution in [0.5, 0.6) is 11.5 Å². The van der Waals surface area contributed by atoms with Gasteiger partial charge >= 0.3 is 0 Å². The Hall–Kier alpha value is -1.76. The van der Waals surface area contributed by atoms with Gasteiger partial charge in [0, 0.05) is 26.3 Å². The molecule has 3 aromatic carbocycles. The maximum absolute atomic E-state index is 12.6. The van der Waals surface area contributed by atoms with Crippen LogP contribution in [0.15, 0.2) is 54.6 Å². The summed E-state index contributed by atoms with van der Waals surface area (Å²) in [6, 6.07) is 16.0. The second kappa shape index (κ2) is 10.0. The summed E-state index contributed by atoms with van der Waals surface area (Å²) in [5.41, 5.74) is 2.36. The third-order valence-corrected chi connectivity index (χ3v) is 7.23. The molecular weight excluding hydrogens is 512 g/mol. The molecule has 4 nitrogen and oxygen atoms in total. The number of ether oxygens (including phenoxy) is 2. The largest absolute Gasteiger partial charge is 0.493 e. The van der Waals surface area contributed by atoms with E-state index in [0.29, 0.717) is 37.3 Å². The number of halogens is 4. The van der Waals surface area contributed by atoms with Gasteiger partial charge in [-0.1, -0.05) is 52.5 Å². The van der Waals surface area contributed by atoms with E-state index in [1.165, 1.54) is 11.8 Å².